The molecule has 6 nitrogen and oxygen atoms in total. The Labute approximate surface area is 143 Å². The molecule has 0 aliphatic heterocycles. The van der Waals surface area contributed by atoms with Gasteiger partial charge in [-0.15, -0.1) is 16.4 Å². The van der Waals surface area contributed by atoms with E-state index in [-0.39, 0.29) is 24.8 Å². The molecule has 3 aromatic rings. The van der Waals surface area contributed by atoms with Crippen LogP contribution in [-0.4, -0.2) is 33.2 Å². The lowest BCUT2D eigenvalue weighted by Crippen LogP contribution is -2.32. The summed E-state index contributed by atoms with van der Waals surface area (Å²) in [6.45, 7) is 2.03. The van der Waals surface area contributed by atoms with Crippen LogP contribution in [-0.2, 0) is 11.3 Å². The molecule has 0 radical (unpaired) electrons. The van der Waals surface area contributed by atoms with Crippen LogP contribution in [0.2, 0.25) is 0 Å². The van der Waals surface area contributed by atoms with Crippen LogP contribution in [0.25, 0.3) is 11.3 Å². The number of aryl methyl sites for hydroxylation is 1. The molecule has 7 heteroatoms. The fourth-order valence-electron chi connectivity index (χ4n) is 2.14. The SMILES string of the molecule is Cc1ccc(-c2cn(CC(=O)NCC(=O)c3cccs3)nn2)cc1. The van der Waals surface area contributed by atoms with Gasteiger partial charge in [-0.2, -0.15) is 0 Å². The van der Waals surface area contributed by atoms with Crippen LogP contribution in [0.4, 0.5) is 0 Å². The van der Waals surface area contributed by atoms with Gasteiger partial charge < -0.3 is 5.32 Å². The highest BCUT2D eigenvalue weighted by Crippen LogP contribution is 2.16. The molecule has 122 valence electrons. The molecule has 0 aliphatic rings. The van der Waals surface area contributed by atoms with Crippen LogP contribution in [0.3, 0.4) is 0 Å². The average Bonchev–Trinajstić information content (AvgIpc) is 3.25. The number of ketones is 1. The number of aromatic nitrogens is 3. The third kappa shape index (κ3) is 3.94. The highest BCUT2D eigenvalue weighted by atomic mass is 32.1. The molecular formula is C17H16N4O2S. The van der Waals surface area contributed by atoms with Gasteiger partial charge in [0.25, 0.3) is 0 Å². The molecule has 0 fully saturated rings. The fourth-order valence-corrected chi connectivity index (χ4v) is 2.80. The third-order valence-electron chi connectivity index (χ3n) is 3.43. The summed E-state index contributed by atoms with van der Waals surface area (Å²) >= 11 is 1.36. The fraction of sp³-hybridized carbons (Fsp3) is 0.176. The van der Waals surface area contributed by atoms with Crippen molar-refractivity contribution in [1.82, 2.24) is 20.3 Å². The van der Waals surface area contributed by atoms with Gasteiger partial charge in [-0.3, -0.25) is 9.59 Å². The van der Waals surface area contributed by atoms with Crippen LogP contribution >= 0.6 is 11.3 Å². The van der Waals surface area contributed by atoms with Crippen molar-refractivity contribution >= 4 is 23.0 Å². The Morgan fingerprint density at radius 1 is 1.21 bits per heavy atom. The number of nitrogens with one attached hydrogen (secondary N) is 1. The Balaban J connectivity index is 1.55. The van der Waals surface area contributed by atoms with E-state index in [0.29, 0.717) is 10.6 Å². The van der Waals surface area contributed by atoms with E-state index < -0.39 is 0 Å². The predicted octanol–water partition coefficient (Wildman–Crippen LogP) is 2.31. The largest absolute Gasteiger partial charge is 0.347 e. The van der Waals surface area contributed by atoms with E-state index in [1.165, 1.54) is 21.6 Å². The van der Waals surface area contributed by atoms with E-state index in [1.54, 1.807) is 12.3 Å². The van der Waals surface area contributed by atoms with Crippen molar-refractivity contribution in [2.24, 2.45) is 0 Å². The molecule has 1 aromatic carbocycles. The molecule has 0 spiro atoms. The lowest BCUT2D eigenvalue weighted by atomic mass is 10.1. The van der Waals surface area contributed by atoms with Gasteiger partial charge in [0, 0.05) is 5.56 Å². The number of rotatable bonds is 6. The molecule has 0 unspecified atom stereocenters. The van der Waals surface area contributed by atoms with Crippen molar-refractivity contribution in [3.8, 4) is 11.3 Å². The van der Waals surface area contributed by atoms with Crippen LogP contribution in [0.1, 0.15) is 15.2 Å². The van der Waals surface area contributed by atoms with Crippen LogP contribution < -0.4 is 5.32 Å². The van der Waals surface area contributed by atoms with Crippen LogP contribution in [0, 0.1) is 6.92 Å². The topological polar surface area (TPSA) is 76.9 Å². The van der Waals surface area contributed by atoms with Crippen molar-refractivity contribution in [3.05, 3.63) is 58.4 Å². The molecular weight excluding hydrogens is 324 g/mol. The summed E-state index contributed by atoms with van der Waals surface area (Å²) in [5, 5.41) is 12.5. The van der Waals surface area contributed by atoms with Gasteiger partial charge in [-0.1, -0.05) is 41.1 Å². The first-order valence-corrected chi connectivity index (χ1v) is 8.30. The molecule has 2 aromatic heterocycles. The van der Waals surface area contributed by atoms with E-state index in [2.05, 4.69) is 15.6 Å². The summed E-state index contributed by atoms with van der Waals surface area (Å²) in [6, 6.07) is 11.5. The Morgan fingerprint density at radius 2 is 2.00 bits per heavy atom. The number of thiophene rings is 1. The number of carbonyl (C=O) groups is 2. The summed E-state index contributed by atoms with van der Waals surface area (Å²) < 4.78 is 1.46. The number of Topliss-reactive ketones (excluding diaryl/α,β-unsaturated/α-hetero) is 1. The van der Waals surface area contributed by atoms with Gasteiger partial charge >= 0.3 is 0 Å². The zero-order chi connectivity index (χ0) is 16.9. The maximum absolute atomic E-state index is 11.9. The van der Waals surface area contributed by atoms with E-state index in [9.17, 15) is 9.59 Å². The van der Waals surface area contributed by atoms with Gasteiger partial charge in [-0.25, -0.2) is 4.68 Å². The van der Waals surface area contributed by atoms with Crippen molar-refractivity contribution < 1.29 is 9.59 Å². The van der Waals surface area contributed by atoms with E-state index in [4.69, 9.17) is 0 Å². The zero-order valence-electron chi connectivity index (χ0n) is 13.1. The van der Waals surface area contributed by atoms with Gasteiger partial charge in [0.05, 0.1) is 17.6 Å². The molecule has 0 aliphatic carbocycles. The highest BCUT2D eigenvalue weighted by molar-refractivity contribution is 7.12. The van der Waals surface area contributed by atoms with Crippen molar-refractivity contribution in [2.45, 2.75) is 13.5 Å². The molecule has 3 rings (SSSR count). The predicted molar refractivity (Wildman–Crippen MR) is 91.9 cm³/mol. The van der Waals surface area contributed by atoms with Crippen LogP contribution in [0.5, 0.6) is 0 Å². The lowest BCUT2D eigenvalue weighted by Gasteiger charge is -2.03. The molecule has 1 amide bonds. The third-order valence-corrected chi connectivity index (χ3v) is 4.34. The maximum Gasteiger partial charge on any atom is 0.242 e. The summed E-state index contributed by atoms with van der Waals surface area (Å²) in [6.07, 6.45) is 1.71. The number of nitrogens with zero attached hydrogens (tertiary/aromatic N) is 3. The number of hydrogen-bond donors (Lipinski definition) is 1. The molecule has 24 heavy (non-hydrogen) atoms. The molecule has 0 saturated heterocycles. The molecule has 0 saturated carbocycles. The highest BCUT2D eigenvalue weighted by Gasteiger charge is 2.11. The molecule has 0 bridgehead atoms. The van der Waals surface area contributed by atoms with Crippen molar-refractivity contribution in [3.63, 3.8) is 0 Å². The first-order valence-electron chi connectivity index (χ1n) is 7.42. The minimum atomic E-state index is -0.278. The summed E-state index contributed by atoms with van der Waals surface area (Å²) in [5.41, 5.74) is 2.82. The standard InChI is InChI=1S/C17H16N4O2S/c1-12-4-6-13(7-5-12)14-10-21(20-19-14)11-17(23)18-9-15(22)16-3-2-8-24-16/h2-8,10H,9,11H2,1H3,(H,18,23). The van der Waals surface area contributed by atoms with Gasteiger partial charge in [-0.05, 0) is 18.4 Å². The second-order valence-corrected chi connectivity index (χ2v) is 6.29. The number of hydrogen-bond acceptors (Lipinski definition) is 5. The Morgan fingerprint density at radius 3 is 2.71 bits per heavy atom. The smallest absolute Gasteiger partial charge is 0.242 e. The quantitative estimate of drug-likeness (QED) is 0.699. The van der Waals surface area contributed by atoms with E-state index in [1.807, 2.05) is 42.6 Å². The normalized spacial score (nSPS) is 10.5. The first-order chi connectivity index (χ1) is 11.6. The second-order valence-electron chi connectivity index (χ2n) is 5.34. The van der Waals surface area contributed by atoms with E-state index >= 15 is 0 Å². The van der Waals surface area contributed by atoms with Crippen molar-refractivity contribution in [2.75, 3.05) is 6.54 Å². The monoisotopic (exact) mass is 340 g/mol. The summed E-state index contributed by atoms with van der Waals surface area (Å²) in [4.78, 5) is 24.4. The molecule has 0 atom stereocenters. The van der Waals surface area contributed by atoms with Gasteiger partial charge in [0.2, 0.25) is 5.91 Å². The molecule has 1 N–H and O–H groups in total. The summed E-state index contributed by atoms with van der Waals surface area (Å²) in [7, 11) is 0. The lowest BCUT2D eigenvalue weighted by molar-refractivity contribution is -0.121. The molecule has 2 heterocycles. The minimum absolute atomic E-state index is 0.0150. The Hall–Kier alpha value is -2.80. The van der Waals surface area contributed by atoms with Crippen molar-refractivity contribution in [1.29, 1.82) is 0 Å². The zero-order valence-corrected chi connectivity index (χ0v) is 13.9. The van der Waals surface area contributed by atoms with Gasteiger partial charge in [0.1, 0.15) is 12.2 Å². The Bertz CT molecular complexity index is 838. The Kier molecular flexibility index (Phi) is 4.81. The second kappa shape index (κ2) is 7.18. The minimum Gasteiger partial charge on any atom is -0.347 e. The number of amides is 1. The summed E-state index contributed by atoms with van der Waals surface area (Å²) in [5.74, 6) is -0.377. The number of benzene rings is 1. The average molecular weight is 340 g/mol. The van der Waals surface area contributed by atoms with Crippen LogP contribution in [0.15, 0.2) is 48.0 Å². The van der Waals surface area contributed by atoms with E-state index in [0.717, 1.165) is 5.56 Å². The number of carbonyl (C=O) groups excluding carboxylic acids is 2. The first kappa shape index (κ1) is 16.1. The van der Waals surface area contributed by atoms with Gasteiger partial charge in [0.15, 0.2) is 5.78 Å². The maximum atomic E-state index is 11.9.